The van der Waals surface area contributed by atoms with Crippen LogP contribution in [0.1, 0.15) is 31.0 Å². The highest BCUT2D eigenvalue weighted by atomic mass is 19.1. The number of pyridine rings is 1. The Balaban J connectivity index is 1.56. The van der Waals surface area contributed by atoms with Gasteiger partial charge in [-0.2, -0.15) is 4.39 Å². The second-order valence-electron chi connectivity index (χ2n) is 6.67. The SMILES string of the molecule is CC(=O)NCc1ccc(C(C)N2CCN(c3cccc(F)n3)CC2)cc1. The summed E-state index contributed by atoms with van der Waals surface area (Å²) in [7, 11) is 0. The first kappa shape index (κ1) is 18.3. The van der Waals surface area contributed by atoms with Crippen molar-refractivity contribution in [2.45, 2.75) is 26.4 Å². The molecule has 1 unspecified atom stereocenters. The number of hydrogen-bond donors (Lipinski definition) is 1. The van der Waals surface area contributed by atoms with Crippen LogP contribution in [0.15, 0.2) is 42.5 Å². The van der Waals surface area contributed by atoms with E-state index in [-0.39, 0.29) is 5.91 Å². The van der Waals surface area contributed by atoms with E-state index in [2.05, 4.69) is 51.3 Å². The number of piperazine rings is 1. The zero-order valence-corrected chi connectivity index (χ0v) is 15.3. The zero-order valence-electron chi connectivity index (χ0n) is 15.3. The molecule has 1 saturated heterocycles. The van der Waals surface area contributed by atoms with Gasteiger partial charge in [-0.3, -0.25) is 9.69 Å². The van der Waals surface area contributed by atoms with Crippen molar-refractivity contribution in [1.82, 2.24) is 15.2 Å². The van der Waals surface area contributed by atoms with Crippen molar-refractivity contribution in [2.24, 2.45) is 0 Å². The molecule has 26 heavy (non-hydrogen) atoms. The number of amides is 1. The van der Waals surface area contributed by atoms with Gasteiger partial charge in [0.25, 0.3) is 0 Å². The van der Waals surface area contributed by atoms with Crippen molar-refractivity contribution >= 4 is 11.7 Å². The van der Waals surface area contributed by atoms with Gasteiger partial charge >= 0.3 is 0 Å². The van der Waals surface area contributed by atoms with Crippen molar-refractivity contribution in [2.75, 3.05) is 31.1 Å². The molecule has 3 rings (SSSR count). The smallest absolute Gasteiger partial charge is 0.217 e. The average Bonchev–Trinajstić information content (AvgIpc) is 2.66. The molecule has 2 aromatic rings. The summed E-state index contributed by atoms with van der Waals surface area (Å²) >= 11 is 0. The second kappa shape index (κ2) is 8.27. The average molecular weight is 356 g/mol. The van der Waals surface area contributed by atoms with E-state index in [0.29, 0.717) is 18.4 Å². The van der Waals surface area contributed by atoms with Gasteiger partial charge in [0.1, 0.15) is 5.82 Å². The number of anilines is 1. The number of nitrogens with zero attached hydrogens (tertiary/aromatic N) is 3. The zero-order chi connectivity index (χ0) is 18.5. The lowest BCUT2D eigenvalue weighted by Crippen LogP contribution is -2.47. The molecule has 1 N–H and O–H groups in total. The van der Waals surface area contributed by atoms with Crippen molar-refractivity contribution in [3.63, 3.8) is 0 Å². The normalized spacial score (nSPS) is 16.3. The fourth-order valence-corrected chi connectivity index (χ4v) is 3.26. The highest BCUT2D eigenvalue weighted by molar-refractivity contribution is 5.72. The minimum absolute atomic E-state index is 0.0203. The lowest BCUT2D eigenvalue weighted by Gasteiger charge is -2.38. The van der Waals surface area contributed by atoms with Crippen LogP contribution in [0.3, 0.4) is 0 Å². The maximum atomic E-state index is 13.3. The maximum absolute atomic E-state index is 13.3. The Morgan fingerprint density at radius 1 is 1.15 bits per heavy atom. The van der Waals surface area contributed by atoms with Crippen LogP contribution in [0.25, 0.3) is 0 Å². The topological polar surface area (TPSA) is 48.5 Å². The molecule has 1 aliphatic heterocycles. The number of hydrogen-bond acceptors (Lipinski definition) is 4. The number of rotatable bonds is 5. The van der Waals surface area contributed by atoms with Gasteiger partial charge in [0, 0.05) is 45.7 Å². The Morgan fingerprint density at radius 3 is 2.46 bits per heavy atom. The lowest BCUT2D eigenvalue weighted by atomic mass is 10.0. The summed E-state index contributed by atoms with van der Waals surface area (Å²) in [4.78, 5) is 19.5. The van der Waals surface area contributed by atoms with E-state index in [1.165, 1.54) is 18.6 Å². The molecule has 0 spiro atoms. The fourth-order valence-electron chi connectivity index (χ4n) is 3.26. The van der Waals surface area contributed by atoms with Crippen molar-refractivity contribution in [1.29, 1.82) is 0 Å². The quantitative estimate of drug-likeness (QED) is 0.837. The second-order valence-corrected chi connectivity index (χ2v) is 6.67. The van der Waals surface area contributed by atoms with E-state index >= 15 is 0 Å². The van der Waals surface area contributed by atoms with Crippen LogP contribution in [0.5, 0.6) is 0 Å². The van der Waals surface area contributed by atoms with Gasteiger partial charge < -0.3 is 10.2 Å². The first-order chi connectivity index (χ1) is 12.5. The molecule has 2 heterocycles. The summed E-state index contributed by atoms with van der Waals surface area (Å²) in [5.41, 5.74) is 2.35. The Kier molecular flexibility index (Phi) is 5.83. The molecule has 0 saturated carbocycles. The Morgan fingerprint density at radius 2 is 1.85 bits per heavy atom. The van der Waals surface area contributed by atoms with Crippen LogP contribution >= 0.6 is 0 Å². The molecule has 1 atom stereocenters. The third-order valence-corrected chi connectivity index (χ3v) is 4.89. The van der Waals surface area contributed by atoms with E-state index in [4.69, 9.17) is 0 Å². The Labute approximate surface area is 153 Å². The Bertz CT molecular complexity index is 742. The van der Waals surface area contributed by atoms with Gasteiger partial charge in [-0.25, -0.2) is 4.98 Å². The molecule has 0 radical (unpaired) electrons. The summed E-state index contributed by atoms with van der Waals surface area (Å²) < 4.78 is 13.3. The number of nitrogens with one attached hydrogen (secondary N) is 1. The molecule has 1 fully saturated rings. The number of aromatic nitrogens is 1. The lowest BCUT2D eigenvalue weighted by molar-refractivity contribution is -0.119. The third kappa shape index (κ3) is 4.58. The number of benzene rings is 1. The summed E-state index contributed by atoms with van der Waals surface area (Å²) in [6.45, 7) is 7.78. The maximum Gasteiger partial charge on any atom is 0.217 e. The largest absolute Gasteiger partial charge is 0.354 e. The van der Waals surface area contributed by atoms with Gasteiger partial charge in [0.15, 0.2) is 0 Å². The van der Waals surface area contributed by atoms with Crippen molar-refractivity contribution in [3.05, 3.63) is 59.5 Å². The van der Waals surface area contributed by atoms with E-state index in [0.717, 1.165) is 31.7 Å². The molecule has 0 aliphatic carbocycles. The minimum atomic E-state index is -0.433. The molecule has 1 aromatic heterocycles. The molecule has 5 nitrogen and oxygen atoms in total. The van der Waals surface area contributed by atoms with Crippen LogP contribution in [-0.2, 0) is 11.3 Å². The van der Waals surface area contributed by atoms with Gasteiger partial charge in [-0.15, -0.1) is 0 Å². The van der Waals surface area contributed by atoms with E-state index in [1.54, 1.807) is 6.07 Å². The Hall–Kier alpha value is -2.47. The van der Waals surface area contributed by atoms with Gasteiger partial charge in [-0.1, -0.05) is 30.3 Å². The van der Waals surface area contributed by atoms with E-state index < -0.39 is 5.95 Å². The molecular weight excluding hydrogens is 331 g/mol. The van der Waals surface area contributed by atoms with Crippen molar-refractivity contribution in [3.8, 4) is 0 Å². The molecule has 0 bridgehead atoms. The van der Waals surface area contributed by atoms with Crippen LogP contribution in [0.2, 0.25) is 0 Å². The van der Waals surface area contributed by atoms with E-state index in [9.17, 15) is 9.18 Å². The summed E-state index contributed by atoms with van der Waals surface area (Å²) in [5.74, 6) is 0.255. The van der Waals surface area contributed by atoms with Crippen molar-refractivity contribution < 1.29 is 9.18 Å². The third-order valence-electron chi connectivity index (χ3n) is 4.89. The minimum Gasteiger partial charge on any atom is -0.354 e. The standard InChI is InChI=1S/C20H25FN4O/c1-15(18-8-6-17(7-9-18)14-22-16(2)26)24-10-12-25(13-11-24)20-5-3-4-19(21)23-20/h3-9,15H,10-14H2,1-2H3,(H,22,26). The molecule has 6 heteroatoms. The number of carbonyl (C=O) groups is 1. The monoisotopic (exact) mass is 356 g/mol. The number of carbonyl (C=O) groups excluding carboxylic acids is 1. The molecule has 138 valence electrons. The van der Waals surface area contributed by atoms with Gasteiger partial charge in [0.2, 0.25) is 11.9 Å². The predicted molar refractivity (Wildman–Crippen MR) is 100 cm³/mol. The van der Waals surface area contributed by atoms with Crippen LogP contribution in [-0.4, -0.2) is 42.0 Å². The first-order valence-corrected chi connectivity index (χ1v) is 8.98. The van der Waals surface area contributed by atoms with Crippen LogP contribution in [0, 0.1) is 5.95 Å². The molecular formula is C20H25FN4O. The van der Waals surface area contributed by atoms with Gasteiger partial charge in [-0.05, 0) is 30.2 Å². The van der Waals surface area contributed by atoms with Gasteiger partial charge in [0.05, 0.1) is 0 Å². The molecule has 1 aliphatic rings. The summed E-state index contributed by atoms with van der Waals surface area (Å²) in [6, 6.07) is 13.6. The van der Waals surface area contributed by atoms with E-state index in [1.807, 2.05) is 6.07 Å². The number of halogens is 1. The highest BCUT2D eigenvalue weighted by Gasteiger charge is 2.22. The molecule has 1 amide bonds. The summed E-state index contributed by atoms with van der Waals surface area (Å²) in [6.07, 6.45) is 0. The first-order valence-electron chi connectivity index (χ1n) is 8.98. The van der Waals surface area contributed by atoms with Crippen LogP contribution in [0.4, 0.5) is 10.2 Å². The molecule has 1 aromatic carbocycles. The predicted octanol–water partition coefficient (Wildman–Crippen LogP) is 2.74. The highest BCUT2D eigenvalue weighted by Crippen LogP contribution is 2.23. The van der Waals surface area contributed by atoms with Crippen LogP contribution < -0.4 is 10.2 Å². The fraction of sp³-hybridized carbons (Fsp3) is 0.400. The summed E-state index contributed by atoms with van der Waals surface area (Å²) in [5, 5.41) is 2.81.